The highest BCUT2D eigenvalue weighted by molar-refractivity contribution is 5.75. The summed E-state index contributed by atoms with van der Waals surface area (Å²) in [5.74, 6) is -1.97. The lowest BCUT2D eigenvalue weighted by molar-refractivity contribution is -0.0242. The molecule has 1 fully saturated rings. The van der Waals surface area contributed by atoms with Crippen LogP contribution in [-0.4, -0.2) is 41.4 Å². The van der Waals surface area contributed by atoms with Crippen LogP contribution < -0.4 is 15.6 Å². The predicted octanol–water partition coefficient (Wildman–Crippen LogP) is 3.99. The minimum atomic E-state index is -3.37. The van der Waals surface area contributed by atoms with Gasteiger partial charge in [-0.3, -0.25) is 4.79 Å². The lowest BCUT2D eigenvalue weighted by Gasteiger charge is -2.14. The fourth-order valence-corrected chi connectivity index (χ4v) is 2.85. The first-order chi connectivity index (χ1) is 14.2. The van der Waals surface area contributed by atoms with Gasteiger partial charge in [0.15, 0.2) is 5.69 Å². The zero-order chi connectivity index (χ0) is 22.7. The van der Waals surface area contributed by atoms with Gasteiger partial charge in [-0.1, -0.05) is 13.0 Å². The van der Waals surface area contributed by atoms with Crippen molar-refractivity contribution in [3.8, 4) is 5.75 Å². The van der Waals surface area contributed by atoms with Crippen molar-refractivity contribution in [1.29, 1.82) is 0 Å². The van der Waals surface area contributed by atoms with Gasteiger partial charge >= 0.3 is 0 Å². The molecule has 0 bridgehead atoms. The molecule has 1 aliphatic heterocycles. The molecular formula is C22H33F2N3O3. The number of aliphatic hydroxyl groups is 1. The Morgan fingerprint density at radius 2 is 2.07 bits per heavy atom. The van der Waals surface area contributed by atoms with Crippen LogP contribution in [0.5, 0.6) is 5.75 Å². The minimum Gasteiger partial charge on any atom is -0.497 e. The molecule has 0 aliphatic carbocycles. The van der Waals surface area contributed by atoms with Crippen LogP contribution in [-0.2, 0) is 5.92 Å². The molecule has 3 N–H and O–H groups in total. The summed E-state index contributed by atoms with van der Waals surface area (Å²) in [5.41, 5.74) is -1.18. The van der Waals surface area contributed by atoms with Crippen molar-refractivity contribution in [2.45, 2.75) is 52.0 Å². The van der Waals surface area contributed by atoms with Crippen LogP contribution in [0, 0.1) is 5.92 Å². The zero-order valence-corrected chi connectivity index (χ0v) is 18.2. The summed E-state index contributed by atoms with van der Waals surface area (Å²) in [6, 6.07) is 5.35. The molecule has 0 radical (unpaired) electrons. The largest absolute Gasteiger partial charge is 0.497 e. The van der Waals surface area contributed by atoms with Gasteiger partial charge in [0.05, 0.1) is 18.1 Å². The number of nitrogens with one attached hydrogen (secondary N) is 2. The van der Waals surface area contributed by atoms with Crippen LogP contribution in [0.15, 0.2) is 35.6 Å². The monoisotopic (exact) mass is 425 g/mol. The van der Waals surface area contributed by atoms with E-state index in [9.17, 15) is 13.6 Å². The van der Waals surface area contributed by atoms with Gasteiger partial charge in [-0.15, -0.1) is 6.58 Å². The Bertz CT molecular complexity index is 847. The van der Waals surface area contributed by atoms with Crippen molar-refractivity contribution >= 4 is 11.0 Å². The normalized spacial score (nSPS) is 18.1. The number of aliphatic hydroxyl groups excluding tert-OH is 1. The molecule has 2 heterocycles. The fraction of sp³-hybridized carbons (Fsp3) is 0.545. The summed E-state index contributed by atoms with van der Waals surface area (Å²) in [7, 11) is 1.46. The number of benzene rings is 1. The Morgan fingerprint density at radius 3 is 2.53 bits per heavy atom. The summed E-state index contributed by atoms with van der Waals surface area (Å²) in [4.78, 5) is 17.9. The van der Waals surface area contributed by atoms with Gasteiger partial charge in [0.2, 0.25) is 0 Å². The Hall–Kier alpha value is -2.32. The van der Waals surface area contributed by atoms with Gasteiger partial charge in [-0.05, 0) is 51.3 Å². The van der Waals surface area contributed by atoms with E-state index in [4.69, 9.17) is 9.84 Å². The number of nitrogens with zero attached hydrogens (tertiary/aromatic N) is 1. The summed E-state index contributed by atoms with van der Waals surface area (Å²) in [6.07, 6.45) is 2.39. The minimum absolute atomic E-state index is 0.102. The molecule has 1 aromatic heterocycles. The van der Waals surface area contributed by atoms with Crippen LogP contribution in [0.1, 0.15) is 45.7 Å². The van der Waals surface area contributed by atoms with Crippen LogP contribution in [0.2, 0.25) is 0 Å². The molecule has 168 valence electrons. The average molecular weight is 426 g/mol. The number of hydrogen-bond acceptors (Lipinski definition) is 5. The molecule has 0 saturated carbocycles. The standard InChI is InChI=1S/C13H14F2N2O3.C6H13N.C3H6/c1-20-8-3-4-9-10(7-8)17-12(19)11(16-9)13(14,15)5-2-6-18;1-5-3-4-7-6(5)2;1-3-2/h3-4,7,18H,2,5-6H2,1H3,(H,17,19);5-7H,3-4H2,1-2H3;3H,1H2,2H3/t;5-,6-;/m.1./s1. The Kier molecular flexibility index (Phi) is 10.6. The Morgan fingerprint density at radius 1 is 1.40 bits per heavy atom. The third-order valence-corrected chi connectivity index (χ3v) is 4.81. The van der Waals surface area contributed by atoms with E-state index in [2.05, 4.69) is 35.7 Å². The molecule has 1 aliphatic rings. The molecule has 8 heteroatoms. The molecule has 0 spiro atoms. The maximum Gasteiger partial charge on any atom is 0.295 e. The smallest absolute Gasteiger partial charge is 0.295 e. The molecule has 1 aromatic carbocycles. The van der Waals surface area contributed by atoms with E-state index in [-0.39, 0.29) is 18.5 Å². The topological polar surface area (TPSA) is 87.2 Å². The number of H-pyrrole nitrogens is 1. The first-order valence-electron chi connectivity index (χ1n) is 10.1. The van der Waals surface area contributed by atoms with E-state index in [0.717, 1.165) is 12.0 Å². The van der Waals surface area contributed by atoms with E-state index in [1.807, 2.05) is 6.92 Å². The van der Waals surface area contributed by atoms with Gasteiger partial charge in [-0.25, -0.2) is 4.98 Å². The van der Waals surface area contributed by atoms with E-state index in [0.29, 0.717) is 11.3 Å². The number of aromatic amines is 1. The van der Waals surface area contributed by atoms with Crippen LogP contribution in [0.4, 0.5) is 8.78 Å². The molecule has 3 rings (SSSR count). The number of alkyl halides is 2. The second-order valence-corrected chi connectivity index (χ2v) is 7.25. The number of allylic oxidation sites excluding steroid dienone is 1. The number of halogens is 2. The highest BCUT2D eigenvalue weighted by Crippen LogP contribution is 2.30. The third-order valence-electron chi connectivity index (χ3n) is 4.81. The van der Waals surface area contributed by atoms with Gasteiger partial charge in [0.25, 0.3) is 11.5 Å². The highest BCUT2D eigenvalue weighted by atomic mass is 19.3. The molecule has 2 atom stereocenters. The summed E-state index contributed by atoms with van der Waals surface area (Å²) in [6.45, 7) is 10.7. The van der Waals surface area contributed by atoms with Crippen molar-refractivity contribution in [3.63, 3.8) is 0 Å². The van der Waals surface area contributed by atoms with Gasteiger partial charge < -0.3 is 20.1 Å². The fourth-order valence-electron chi connectivity index (χ4n) is 2.85. The zero-order valence-electron chi connectivity index (χ0n) is 18.2. The predicted molar refractivity (Wildman–Crippen MR) is 116 cm³/mol. The number of aromatic nitrogens is 2. The number of rotatable bonds is 5. The van der Waals surface area contributed by atoms with Gasteiger partial charge in [0.1, 0.15) is 5.75 Å². The summed E-state index contributed by atoms with van der Waals surface area (Å²) in [5, 5.41) is 12.0. The molecule has 0 amide bonds. The first kappa shape index (κ1) is 25.7. The van der Waals surface area contributed by atoms with Crippen molar-refractivity contribution in [2.24, 2.45) is 5.92 Å². The number of hydrogen-bond donors (Lipinski definition) is 3. The second-order valence-electron chi connectivity index (χ2n) is 7.25. The van der Waals surface area contributed by atoms with Crippen molar-refractivity contribution < 1.29 is 18.6 Å². The lowest BCUT2D eigenvalue weighted by atomic mass is 10.1. The molecule has 0 unspecified atom stereocenters. The molecular weight excluding hydrogens is 392 g/mol. The van der Waals surface area contributed by atoms with Crippen LogP contribution >= 0.6 is 0 Å². The van der Waals surface area contributed by atoms with E-state index >= 15 is 0 Å². The molecule has 30 heavy (non-hydrogen) atoms. The van der Waals surface area contributed by atoms with Crippen LogP contribution in [0.25, 0.3) is 11.0 Å². The SMILES string of the molecule is C=CC.COc1ccc2nc(C(F)(F)CCCO)c(=O)[nH]c2c1.C[C@@H]1CCN[C@@H]1C. The summed E-state index contributed by atoms with van der Waals surface area (Å²) < 4.78 is 32.7. The van der Waals surface area contributed by atoms with Gasteiger partial charge in [-0.2, -0.15) is 8.78 Å². The maximum absolute atomic E-state index is 13.9. The Balaban J connectivity index is 0.000000372. The number of ether oxygens (including phenoxy) is 1. The van der Waals surface area contributed by atoms with E-state index in [1.54, 1.807) is 12.1 Å². The Labute approximate surface area is 176 Å². The molecule has 2 aromatic rings. The third kappa shape index (κ3) is 7.50. The second kappa shape index (κ2) is 12.4. The van der Waals surface area contributed by atoms with Crippen molar-refractivity contribution in [2.75, 3.05) is 20.3 Å². The quantitative estimate of drug-likeness (QED) is 0.631. The lowest BCUT2D eigenvalue weighted by Crippen LogP contribution is -2.27. The van der Waals surface area contributed by atoms with Crippen molar-refractivity contribution in [1.82, 2.24) is 15.3 Å². The maximum atomic E-state index is 13.9. The molecule has 6 nitrogen and oxygen atoms in total. The number of methoxy groups -OCH3 is 1. The van der Waals surface area contributed by atoms with Crippen LogP contribution in [0.3, 0.4) is 0 Å². The number of fused-ring (bicyclic) bond motifs is 1. The molecule has 1 saturated heterocycles. The van der Waals surface area contributed by atoms with E-state index < -0.39 is 23.6 Å². The highest BCUT2D eigenvalue weighted by Gasteiger charge is 2.35. The van der Waals surface area contributed by atoms with Crippen molar-refractivity contribution in [3.05, 3.63) is 46.9 Å². The average Bonchev–Trinajstić information content (AvgIpc) is 3.09. The first-order valence-corrected chi connectivity index (χ1v) is 10.1. The van der Waals surface area contributed by atoms with Gasteiger partial charge in [0, 0.05) is 25.1 Å². The van der Waals surface area contributed by atoms with E-state index in [1.165, 1.54) is 32.2 Å². The summed E-state index contributed by atoms with van der Waals surface area (Å²) >= 11 is 0.